The lowest BCUT2D eigenvalue weighted by Gasteiger charge is -2.16. The maximum atomic E-state index is 3.49. The van der Waals surface area contributed by atoms with Gasteiger partial charge in [0.05, 0.1) is 0 Å². The van der Waals surface area contributed by atoms with E-state index < -0.39 is 0 Å². The fourth-order valence-corrected chi connectivity index (χ4v) is 2.81. The first-order valence-corrected chi connectivity index (χ1v) is 7.71. The molecular formula is C17H28N2. The normalized spacial score (nSPS) is 20.3. The molecule has 1 aliphatic rings. The van der Waals surface area contributed by atoms with Crippen molar-refractivity contribution in [3.63, 3.8) is 0 Å². The lowest BCUT2D eigenvalue weighted by atomic mass is 10.1. The highest BCUT2D eigenvalue weighted by molar-refractivity contribution is 5.23. The summed E-state index contributed by atoms with van der Waals surface area (Å²) in [5, 5.41) is 3.49. The highest BCUT2D eigenvalue weighted by Gasteiger charge is 2.20. The van der Waals surface area contributed by atoms with E-state index in [9.17, 15) is 0 Å². The Morgan fingerprint density at radius 3 is 2.79 bits per heavy atom. The molecule has 2 heteroatoms. The summed E-state index contributed by atoms with van der Waals surface area (Å²) in [4.78, 5) is 2.60. The quantitative estimate of drug-likeness (QED) is 0.843. The van der Waals surface area contributed by atoms with Crippen LogP contribution in [0.5, 0.6) is 0 Å². The lowest BCUT2D eigenvalue weighted by Crippen LogP contribution is -2.22. The van der Waals surface area contributed by atoms with Crippen LogP contribution in [-0.4, -0.2) is 24.0 Å². The third kappa shape index (κ3) is 4.63. The molecule has 1 aliphatic heterocycles. The van der Waals surface area contributed by atoms with Crippen LogP contribution in [0, 0.1) is 5.92 Å². The van der Waals surface area contributed by atoms with Gasteiger partial charge in [0.2, 0.25) is 0 Å². The molecule has 2 rings (SSSR count). The van der Waals surface area contributed by atoms with Gasteiger partial charge in [0, 0.05) is 25.7 Å². The minimum Gasteiger partial charge on any atom is -0.310 e. The number of nitrogens with zero attached hydrogens (tertiary/aromatic N) is 1. The number of benzene rings is 1. The topological polar surface area (TPSA) is 15.3 Å². The number of likely N-dealkylation sites (tertiary alicyclic amines) is 1. The Hall–Kier alpha value is -0.860. The largest absolute Gasteiger partial charge is 0.310 e. The molecule has 1 heterocycles. The predicted molar refractivity (Wildman–Crippen MR) is 82.1 cm³/mol. The molecule has 0 aromatic heterocycles. The van der Waals surface area contributed by atoms with Crippen molar-refractivity contribution in [1.29, 1.82) is 0 Å². The predicted octanol–water partition coefficient (Wildman–Crippen LogP) is 3.42. The third-order valence-corrected chi connectivity index (χ3v) is 4.06. The van der Waals surface area contributed by atoms with Crippen molar-refractivity contribution in [2.75, 3.05) is 13.1 Å². The standard InChI is InChI=1S/C17H28N2/c1-4-15-8-9-19(12-15)13-17-7-5-6-16(10-17)11-18-14(2)3/h5-7,10,14-15,18H,4,8-9,11-13H2,1-3H3. The number of hydrogen-bond donors (Lipinski definition) is 1. The molecule has 106 valence electrons. The molecular weight excluding hydrogens is 232 g/mol. The Kier molecular flexibility index (Phi) is 5.41. The van der Waals surface area contributed by atoms with E-state index in [1.54, 1.807) is 0 Å². The van der Waals surface area contributed by atoms with Gasteiger partial charge < -0.3 is 5.32 Å². The number of nitrogens with one attached hydrogen (secondary N) is 1. The second-order valence-corrected chi connectivity index (χ2v) is 6.15. The molecule has 0 radical (unpaired) electrons. The van der Waals surface area contributed by atoms with Crippen molar-refractivity contribution in [2.24, 2.45) is 5.92 Å². The molecule has 1 aromatic carbocycles. The summed E-state index contributed by atoms with van der Waals surface area (Å²) >= 11 is 0. The van der Waals surface area contributed by atoms with E-state index in [0.717, 1.165) is 19.0 Å². The Bertz CT molecular complexity index is 387. The van der Waals surface area contributed by atoms with Crippen LogP contribution in [-0.2, 0) is 13.1 Å². The average molecular weight is 260 g/mol. The summed E-state index contributed by atoms with van der Waals surface area (Å²) in [7, 11) is 0. The van der Waals surface area contributed by atoms with E-state index in [-0.39, 0.29) is 0 Å². The van der Waals surface area contributed by atoms with Crippen LogP contribution in [0.25, 0.3) is 0 Å². The Morgan fingerprint density at radius 2 is 2.11 bits per heavy atom. The van der Waals surface area contributed by atoms with Crippen molar-refractivity contribution in [1.82, 2.24) is 10.2 Å². The molecule has 0 spiro atoms. The summed E-state index contributed by atoms with van der Waals surface area (Å²) in [6.45, 7) is 11.3. The summed E-state index contributed by atoms with van der Waals surface area (Å²) in [6, 6.07) is 9.58. The van der Waals surface area contributed by atoms with Crippen molar-refractivity contribution in [2.45, 2.75) is 52.7 Å². The second-order valence-electron chi connectivity index (χ2n) is 6.15. The fourth-order valence-electron chi connectivity index (χ4n) is 2.81. The van der Waals surface area contributed by atoms with E-state index in [4.69, 9.17) is 0 Å². The maximum absolute atomic E-state index is 3.49. The van der Waals surface area contributed by atoms with Gasteiger partial charge >= 0.3 is 0 Å². The zero-order valence-electron chi connectivity index (χ0n) is 12.7. The van der Waals surface area contributed by atoms with Crippen LogP contribution in [0.3, 0.4) is 0 Å². The van der Waals surface area contributed by atoms with Crippen molar-refractivity contribution in [3.8, 4) is 0 Å². The minimum absolute atomic E-state index is 0.549. The van der Waals surface area contributed by atoms with Crippen LogP contribution in [0.1, 0.15) is 44.7 Å². The van der Waals surface area contributed by atoms with Crippen LogP contribution >= 0.6 is 0 Å². The molecule has 0 amide bonds. The Balaban J connectivity index is 1.88. The first-order chi connectivity index (χ1) is 9.17. The van der Waals surface area contributed by atoms with Crippen molar-refractivity contribution in [3.05, 3.63) is 35.4 Å². The van der Waals surface area contributed by atoms with Crippen molar-refractivity contribution >= 4 is 0 Å². The van der Waals surface area contributed by atoms with Gasteiger partial charge in [0.1, 0.15) is 0 Å². The lowest BCUT2D eigenvalue weighted by molar-refractivity contribution is 0.315. The molecule has 1 fully saturated rings. The summed E-state index contributed by atoms with van der Waals surface area (Å²) in [5.41, 5.74) is 2.86. The Morgan fingerprint density at radius 1 is 1.32 bits per heavy atom. The van der Waals surface area contributed by atoms with E-state index >= 15 is 0 Å². The number of hydrogen-bond acceptors (Lipinski definition) is 2. The monoisotopic (exact) mass is 260 g/mol. The van der Waals surface area contributed by atoms with E-state index in [1.165, 1.54) is 37.1 Å². The molecule has 19 heavy (non-hydrogen) atoms. The van der Waals surface area contributed by atoms with Gasteiger partial charge in [-0.2, -0.15) is 0 Å². The van der Waals surface area contributed by atoms with Gasteiger partial charge in [0.25, 0.3) is 0 Å². The molecule has 0 aliphatic carbocycles. The second kappa shape index (κ2) is 7.06. The first-order valence-electron chi connectivity index (χ1n) is 7.71. The van der Waals surface area contributed by atoms with E-state index in [0.29, 0.717) is 6.04 Å². The van der Waals surface area contributed by atoms with Crippen LogP contribution in [0.15, 0.2) is 24.3 Å². The summed E-state index contributed by atoms with van der Waals surface area (Å²) in [5.74, 6) is 0.922. The maximum Gasteiger partial charge on any atom is 0.0233 e. The molecule has 1 atom stereocenters. The summed E-state index contributed by atoms with van der Waals surface area (Å²) < 4.78 is 0. The SMILES string of the molecule is CCC1CCN(Cc2cccc(CNC(C)C)c2)C1. The van der Waals surface area contributed by atoms with E-state index in [1.807, 2.05) is 0 Å². The van der Waals surface area contributed by atoms with Crippen LogP contribution in [0.4, 0.5) is 0 Å². The molecule has 1 saturated heterocycles. The van der Waals surface area contributed by atoms with Gasteiger partial charge in [0.15, 0.2) is 0 Å². The zero-order valence-corrected chi connectivity index (χ0v) is 12.7. The zero-order chi connectivity index (χ0) is 13.7. The number of rotatable bonds is 6. The van der Waals surface area contributed by atoms with Gasteiger partial charge in [-0.3, -0.25) is 4.90 Å². The van der Waals surface area contributed by atoms with Gasteiger partial charge in [-0.05, 0) is 30.0 Å². The summed E-state index contributed by atoms with van der Waals surface area (Å²) in [6.07, 6.45) is 2.71. The van der Waals surface area contributed by atoms with Crippen molar-refractivity contribution < 1.29 is 0 Å². The highest BCUT2D eigenvalue weighted by Crippen LogP contribution is 2.21. The van der Waals surface area contributed by atoms with Crippen LogP contribution < -0.4 is 5.32 Å². The highest BCUT2D eigenvalue weighted by atomic mass is 15.1. The molecule has 2 nitrogen and oxygen atoms in total. The molecule has 1 N–H and O–H groups in total. The van der Waals surface area contributed by atoms with Gasteiger partial charge in [-0.1, -0.05) is 51.5 Å². The first kappa shape index (κ1) is 14.5. The van der Waals surface area contributed by atoms with E-state index in [2.05, 4.69) is 55.3 Å². The molecule has 1 unspecified atom stereocenters. The smallest absolute Gasteiger partial charge is 0.0233 e. The van der Waals surface area contributed by atoms with Gasteiger partial charge in [-0.15, -0.1) is 0 Å². The molecule has 0 saturated carbocycles. The molecule has 0 bridgehead atoms. The van der Waals surface area contributed by atoms with Crippen LogP contribution in [0.2, 0.25) is 0 Å². The minimum atomic E-state index is 0.549. The van der Waals surface area contributed by atoms with Gasteiger partial charge in [-0.25, -0.2) is 0 Å². The molecule has 1 aromatic rings. The average Bonchev–Trinajstić information content (AvgIpc) is 2.84. The third-order valence-electron chi connectivity index (χ3n) is 4.06. The Labute approximate surface area is 118 Å². The fraction of sp³-hybridized carbons (Fsp3) is 0.647.